The molecule has 2 N–H and O–H groups in total. The average molecular weight is 278 g/mol. The molecular weight excluding hydrogens is 264 g/mol. The van der Waals surface area contributed by atoms with E-state index in [0.717, 1.165) is 10.9 Å². The molecule has 3 aromatic rings. The van der Waals surface area contributed by atoms with Gasteiger partial charge in [0.1, 0.15) is 11.4 Å². The molecule has 1 aromatic heterocycles. The van der Waals surface area contributed by atoms with Crippen LogP contribution in [0, 0.1) is 0 Å². The molecule has 0 aliphatic rings. The molecule has 0 spiro atoms. The van der Waals surface area contributed by atoms with E-state index < -0.39 is 0 Å². The number of carbonyl (C=O) groups is 1. The van der Waals surface area contributed by atoms with E-state index in [2.05, 4.69) is 4.98 Å². The van der Waals surface area contributed by atoms with Crippen molar-refractivity contribution in [1.82, 2.24) is 4.98 Å². The Kier molecular flexibility index (Phi) is 3.28. The molecule has 2 aromatic carbocycles. The van der Waals surface area contributed by atoms with Crippen molar-refractivity contribution in [3.63, 3.8) is 0 Å². The summed E-state index contributed by atoms with van der Waals surface area (Å²) in [6.45, 7) is 0. The molecule has 0 radical (unpaired) electrons. The van der Waals surface area contributed by atoms with Crippen molar-refractivity contribution in [2.75, 3.05) is 12.8 Å². The topological polar surface area (TPSA) is 65.2 Å². The Morgan fingerprint density at radius 1 is 1.10 bits per heavy atom. The fraction of sp³-hybridized carbons (Fsp3) is 0.0588. The van der Waals surface area contributed by atoms with Crippen molar-refractivity contribution >= 4 is 22.4 Å². The first-order valence-corrected chi connectivity index (χ1v) is 6.53. The summed E-state index contributed by atoms with van der Waals surface area (Å²) in [5.74, 6) is 0.334. The van der Waals surface area contributed by atoms with Crippen LogP contribution < -0.4 is 10.5 Å². The molecule has 0 saturated carbocycles. The molecule has 0 bridgehead atoms. The van der Waals surface area contributed by atoms with Crippen LogP contribution in [0.2, 0.25) is 0 Å². The predicted molar refractivity (Wildman–Crippen MR) is 82.6 cm³/mol. The Labute approximate surface area is 122 Å². The predicted octanol–water partition coefficient (Wildman–Crippen LogP) is 3.06. The third kappa shape index (κ3) is 2.43. The van der Waals surface area contributed by atoms with Gasteiger partial charge in [0, 0.05) is 10.9 Å². The minimum Gasteiger partial charge on any atom is -0.495 e. The second kappa shape index (κ2) is 5.25. The van der Waals surface area contributed by atoms with E-state index in [4.69, 9.17) is 10.5 Å². The zero-order chi connectivity index (χ0) is 14.8. The first-order valence-electron chi connectivity index (χ1n) is 6.53. The number of anilines is 1. The molecule has 0 atom stereocenters. The van der Waals surface area contributed by atoms with Gasteiger partial charge in [-0.1, -0.05) is 24.3 Å². The third-order valence-electron chi connectivity index (χ3n) is 3.33. The number of hydrogen-bond acceptors (Lipinski definition) is 4. The van der Waals surface area contributed by atoms with Crippen LogP contribution in [-0.4, -0.2) is 17.9 Å². The number of carbonyl (C=O) groups excluding carboxylic acids is 1. The summed E-state index contributed by atoms with van der Waals surface area (Å²) in [4.78, 5) is 16.9. The van der Waals surface area contributed by atoms with E-state index in [1.165, 1.54) is 7.11 Å². The largest absolute Gasteiger partial charge is 0.495 e. The summed E-state index contributed by atoms with van der Waals surface area (Å²) < 4.78 is 5.14. The van der Waals surface area contributed by atoms with E-state index in [9.17, 15) is 4.79 Å². The van der Waals surface area contributed by atoms with E-state index >= 15 is 0 Å². The van der Waals surface area contributed by atoms with Crippen molar-refractivity contribution in [1.29, 1.82) is 0 Å². The number of nitrogen functional groups attached to an aromatic ring is 1. The maximum Gasteiger partial charge on any atom is 0.211 e. The fourth-order valence-corrected chi connectivity index (χ4v) is 2.19. The number of hydrogen-bond donors (Lipinski definition) is 1. The van der Waals surface area contributed by atoms with E-state index in [1.807, 2.05) is 30.3 Å². The number of benzene rings is 2. The highest BCUT2D eigenvalue weighted by Crippen LogP contribution is 2.24. The van der Waals surface area contributed by atoms with Crippen molar-refractivity contribution in [3.8, 4) is 5.75 Å². The van der Waals surface area contributed by atoms with Gasteiger partial charge in [0.25, 0.3) is 0 Å². The summed E-state index contributed by atoms with van der Waals surface area (Å²) in [6, 6.07) is 16.3. The Bertz CT molecular complexity index is 828. The number of aromatic nitrogens is 1. The van der Waals surface area contributed by atoms with Crippen LogP contribution in [0.3, 0.4) is 0 Å². The van der Waals surface area contributed by atoms with Crippen LogP contribution in [0.1, 0.15) is 16.1 Å². The molecular formula is C17H14N2O2. The molecule has 21 heavy (non-hydrogen) atoms. The lowest BCUT2D eigenvalue weighted by Crippen LogP contribution is -2.05. The normalized spacial score (nSPS) is 10.5. The second-order valence-corrected chi connectivity index (χ2v) is 4.68. The summed E-state index contributed by atoms with van der Waals surface area (Å²) >= 11 is 0. The smallest absolute Gasteiger partial charge is 0.211 e. The number of nitrogens with zero attached hydrogens (tertiary/aromatic N) is 1. The zero-order valence-electron chi connectivity index (χ0n) is 11.5. The first kappa shape index (κ1) is 13.1. The third-order valence-corrected chi connectivity index (χ3v) is 3.33. The summed E-state index contributed by atoms with van der Waals surface area (Å²) in [5, 5.41) is 1.00. The number of para-hydroxylation sites is 1. The number of pyridine rings is 1. The van der Waals surface area contributed by atoms with Crippen LogP contribution in [0.15, 0.2) is 54.6 Å². The summed E-state index contributed by atoms with van der Waals surface area (Å²) in [5.41, 5.74) is 7.97. The Morgan fingerprint density at radius 3 is 2.71 bits per heavy atom. The molecule has 4 nitrogen and oxygen atoms in total. The molecule has 0 amide bonds. The number of ether oxygens (including phenoxy) is 1. The van der Waals surface area contributed by atoms with Crippen molar-refractivity contribution < 1.29 is 9.53 Å². The van der Waals surface area contributed by atoms with Crippen LogP contribution in [0.5, 0.6) is 5.75 Å². The number of nitrogens with two attached hydrogens (primary N) is 1. The molecule has 0 aliphatic carbocycles. The van der Waals surface area contributed by atoms with Gasteiger partial charge in [0.05, 0.1) is 18.3 Å². The van der Waals surface area contributed by atoms with Gasteiger partial charge >= 0.3 is 0 Å². The van der Waals surface area contributed by atoms with Crippen LogP contribution in [-0.2, 0) is 0 Å². The fourth-order valence-electron chi connectivity index (χ4n) is 2.19. The Hall–Kier alpha value is -2.88. The van der Waals surface area contributed by atoms with Crippen molar-refractivity contribution in [2.45, 2.75) is 0 Å². The molecule has 104 valence electrons. The lowest BCUT2D eigenvalue weighted by molar-refractivity contribution is 0.103. The highest BCUT2D eigenvalue weighted by Gasteiger charge is 2.13. The minimum absolute atomic E-state index is 0.154. The van der Waals surface area contributed by atoms with Gasteiger partial charge in [-0.25, -0.2) is 4.98 Å². The SMILES string of the molecule is COc1cc(C(=O)c2ccc3ccccc3n2)ccc1N. The zero-order valence-corrected chi connectivity index (χ0v) is 11.5. The van der Waals surface area contributed by atoms with Gasteiger partial charge in [-0.3, -0.25) is 4.79 Å². The maximum absolute atomic E-state index is 12.5. The summed E-state index contributed by atoms with van der Waals surface area (Å²) in [7, 11) is 1.52. The minimum atomic E-state index is -0.154. The molecule has 0 fully saturated rings. The van der Waals surface area contributed by atoms with Gasteiger partial charge in [0.2, 0.25) is 5.78 Å². The molecule has 0 unspecified atom stereocenters. The monoisotopic (exact) mass is 278 g/mol. The number of fused-ring (bicyclic) bond motifs is 1. The molecule has 0 aliphatic heterocycles. The first-order chi connectivity index (χ1) is 10.2. The highest BCUT2D eigenvalue weighted by atomic mass is 16.5. The van der Waals surface area contributed by atoms with Crippen LogP contribution in [0.4, 0.5) is 5.69 Å². The van der Waals surface area contributed by atoms with Crippen LogP contribution >= 0.6 is 0 Å². The number of methoxy groups -OCH3 is 1. The molecule has 1 heterocycles. The van der Waals surface area contributed by atoms with E-state index in [-0.39, 0.29) is 5.78 Å². The van der Waals surface area contributed by atoms with Gasteiger partial charge in [-0.05, 0) is 30.3 Å². The van der Waals surface area contributed by atoms with Gasteiger partial charge in [-0.15, -0.1) is 0 Å². The lowest BCUT2D eigenvalue weighted by Gasteiger charge is -2.07. The van der Waals surface area contributed by atoms with Gasteiger partial charge < -0.3 is 10.5 Å². The van der Waals surface area contributed by atoms with Crippen LogP contribution in [0.25, 0.3) is 10.9 Å². The molecule has 3 rings (SSSR count). The molecule has 0 saturated heterocycles. The quantitative estimate of drug-likeness (QED) is 0.590. The highest BCUT2D eigenvalue weighted by molar-refractivity contribution is 6.09. The standard InChI is InChI=1S/C17H14N2O2/c1-21-16-10-12(6-8-13(16)18)17(20)15-9-7-11-4-2-3-5-14(11)19-15/h2-10H,18H2,1H3. The van der Waals surface area contributed by atoms with Crippen molar-refractivity contribution in [3.05, 3.63) is 65.9 Å². The number of ketones is 1. The second-order valence-electron chi connectivity index (χ2n) is 4.68. The summed E-state index contributed by atoms with van der Waals surface area (Å²) in [6.07, 6.45) is 0. The van der Waals surface area contributed by atoms with Gasteiger partial charge in [-0.2, -0.15) is 0 Å². The van der Waals surface area contributed by atoms with E-state index in [1.54, 1.807) is 24.3 Å². The van der Waals surface area contributed by atoms with Crippen molar-refractivity contribution in [2.24, 2.45) is 0 Å². The number of rotatable bonds is 3. The Morgan fingerprint density at radius 2 is 1.90 bits per heavy atom. The van der Waals surface area contributed by atoms with Gasteiger partial charge in [0.15, 0.2) is 0 Å². The lowest BCUT2D eigenvalue weighted by atomic mass is 10.1. The van der Waals surface area contributed by atoms with E-state index in [0.29, 0.717) is 22.7 Å². The Balaban J connectivity index is 2.03. The molecule has 4 heteroatoms. The maximum atomic E-state index is 12.5. The average Bonchev–Trinajstić information content (AvgIpc) is 2.54.